The van der Waals surface area contributed by atoms with E-state index in [9.17, 15) is 19.1 Å². The maximum Gasteiger partial charge on any atom is 1.00 e. The summed E-state index contributed by atoms with van der Waals surface area (Å²) in [4.78, 5) is 23.3. The van der Waals surface area contributed by atoms with Crippen molar-refractivity contribution in [1.29, 1.82) is 0 Å². The molecule has 1 unspecified atom stereocenters. The summed E-state index contributed by atoms with van der Waals surface area (Å²) >= 11 is 0. The van der Waals surface area contributed by atoms with Crippen molar-refractivity contribution in [1.82, 2.24) is 5.32 Å². The SMILES string of the molecule is CC(C)CC(CC(=O)[O-])C(=O)N[C@@H]1CCOc2c(F)cccc21.[Na+]. The van der Waals surface area contributed by atoms with E-state index < -0.39 is 17.7 Å². The van der Waals surface area contributed by atoms with Crippen LogP contribution in [0.1, 0.15) is 44.7 Å². The standard InChI is InChI=1S/C17H22FNO4.Na/c1-10(2)8-11(9-15(20)21)17(22)19-14-6-7-23-16-12(14)4-3-5-13(16)18;/h3-5,10-11,14H,6-9H2,1-2H3,(H,19,22)(H,20,21);/q;+1/p-1/t11?,14-;/m1./s1. The molecule has 2 atom stereocenters. The number of hydrogen-bond acceptors (Lipinski definition) is 4. The van der Waals surface area contributed by atoms with Gasteiger partial charge in [-0.15, -0.1) is 0 Å². The summed E-state index contributed by atoms with van der Waals surface area (Å²) in [6.45, 7) is 4.15. The van der Waals surface area contributed by atoms with E-state index in [1.54, 1.807) is 12.1 Å². The summed E-state index contributed by atoms with van der Waals surface area (Å²) in [5, 5.41) is 13.7. The van der Waals surface area contributed by atoms with Crippen molar-refractivity contribution in [3.63, 3.8) is 0 Å². The van der Waals surface area contributed by atoms with E-state index in [-0.39, 0.29) is 59.6 Å². The molecule has 1 heterocycles. The van der Waals surface area contributed by atoms with Gasteiger partial charge in [-0.1, -0.05) is 26.0 Å². The van der Waals surface area contributed by atoms with Gasteiger partial charge in [0.2, 0.25) is 5.91 Å². The predicted molar refractivity (Wildman–Crippen MR) is 80.0 cm³/mol. The second kappa shape index (κ2) is 9.39. The zero-order valence-electron chi connectivity index (χ0n) is 14.3. The molecule has 0 aromatic heterocycles. The quantitative estimate of drug-likeness (QED) is 0.642. The van der Waals surface area contributed by atoms with Crippen molar-refractivity contribution < 1.29 is 53.4 Å². The van der Waals surface area contributed by atoms with Gasteiger partial charge in [0.25, 0.3) is 0 Å². The van der Waals surface area contributed by atoms with Crippen LogP contribution < -0.4 is 44.7 Å². The summed E-state index contributed by atoms with van der Waals surface area (Å²) in [7, 11) is 0. The predicted octanol–water partition coefficient (Wildman–Crippen LogP) is -1.43. The third kappa shape index (κ3) is 5.46. The van der Waals surface area contributed by atoms with Gasteiger partial charge in [0.1, 0.15) is 0 Å². The van der Waals surface area contributed by atoms with E-state index in [1.165, 1.54) is 6.07 Å². The molecule has 0 spiro atoms. The molecule has 0 fully saturated rings. The number of hydrogen-bond donors (Lipinski definition) is 1. The fraction of sp³-hybridized carbons (Fsp3) is 0.529. The Morgan fingerprint density at radius 2 is 2.12 bits per heavy atom. The molecule has 0 aliphatic carbocycles. The molecule has 1 aromatic carbocycles. The maximum absolute atomic E-state index is 13.8. The van der Waals surface area contributed by atoms with Crippen LogP contribution in [0.4, 0.5) is 4.39 Å². The molecule has 1 aliphatic rings. The Morgan fingerprint density at radius 1 is 1.42 bits per heavy atom. The molecule has 0 saturated carbocycles. The Bertz CT molecular complexity index is 594. The van der Waals surface area contributed by atoms with Crippen molar-refractivity contribution in [3.8, 4) is 5.75 Å². The van der Waals surface area contributed by atoms with Crippen LogP contribution in [0.25, 0.3) is 0 Å². The summed E-state index contributed by atoms with van der Waals surface area (Å²) in [5.41, 5.74) is 0.585. The first-order valence-corrected chi connectivity index (χ1v) is 7.80. The van der Waals surface area contributed by atoms with Gasteiger partial charge >= 0.3 is 29.6 Å². The number of carboxylic acid groups (broad SMARTS) is 1. The van der Waals surface area contributed by atoms with Gasteiger partial charge in [0.05, 0.1) is 12.6 Å². The van der Waals surface area contributed by atoms with Gasteiger partial charge < -0.3 is 20.0 Å². The van der Waals surface area contributed by atoms with Gasteiger partial charge in [0.15, 0.2) is 11.6 Å². The second-order valence-corrected chi connectivity index (χ2v) is 6.26. The Labute approximate surface area is 163 Å². The Morgan fingerprint density at radius 3 is 2.75 bits per heavy atom. The van der Waals surface area contributed by atoms with Crippen LogP contribution in [0.3, 0.4) is 0 Å². The molecule has 126 valence electrons. The molecule has 5 nitrogen and oxygen atoms in total. The fourth-order valence-corrected chi connectivity index (χ4v) is 2.88. The molecule has 1 N–H and O–H groups in total. The van der Waals surface area contributed by atoms with Crippen LogP contribution in [0.15, 0.2) is 18.2 Å². The number of halogens is 1. The zero-order valence-corrected chi connectivity index (χ0v) is 16.3. The van der Waals surface area contributed by atoms with Crippen molar-refractivity contribution in [2.75, 3.05) is 6.61 Å². The fourth-order valence-electron chi connectivity index (χ4n) is 2.88. The number of amides is 1. The minimum Gasteiger partial charge on any atom is -0.550 e. The van der Waals surface area contributed by atoms with Gasteiger partial charge in [-0.05, 0) is 24.8 Å². The first-order chi connectivity index (χ1) is 10.9. The second-order valence-electron chi connectivity index (χ2n) is 6.26. The molecule has 7 heteroatoms. The number of aliphatic carboxylic acids is 1. The summed E-state index contributed by atoms with van der Waals surface area (Å²) in [5.74, 6) is -2.36. The van der Waals surface area contributed by atoms with Crippen LogP contribution in [0, 0.1) is 17.7 Å². The van der Waals surface area contributed by atoms with Gasteiger partial charge in [-0.2, -0.15) is 0 Å². The molecule has 24 heavy (non-hydrogen) atoms. The normalized spacial score (nSPS) is 17.2. The molecule has 0 radical (unpaired) electrons. The van der Waals surface area contributed by atoms with E-state index in [0.29, 0.717) is 25.0 Å². The first kappa shape index (κ1) is 20.9. The number of fused-ring (bicyclic) bond motifs is 1. The molecule has 1 amide bonds. The van der Waals surface area contributed by atoms with E-state index in [4.69, 9.17) is 4.74 Å². The maximum atomic E-state index is 13.8. The average molecular weight is 345 g/mol. The number of ether oxygens (including phenoxy) is 1. The molecule has 1 aromatic rings. The van der Waals surface area contributed by atoms with Crippen LogP contribution in [-0.4, -0.2) is 18.5 Å². The Kier molecular flexibility index (Phi) is 8.19. The van der Waals surface area contributed by atoms with Gasteiger partial charge in [0, 0.05) is 23.9 Å². The molecular formula is C17H21FNNaO4. The third-order valence-electron chi connectivity index (χ3n) is 3.88. The zero-order chi connectivity index (χ0) is 17.0. The van der Waals surface area contributed by atoms with Gasteiger partial charge in [-0.3, -0.25) is 4.79 Å². The number of para-hydroxylation sites is 1. The van der Waals surface area contributed by atoms with Crippen LogP contribution in [0.5, 0.6) is 5.75 Å². The third-order valence-corrected chi connectivity index (χ3v) is 3.88. The van der Waals surface area contributed by atoms with E-state index >= 15 is 0 Å². The number of rotatable bonds is 6. The Hall–Kier alpha value is -1.11. The smallest absolute Gasteiger partial charge is 0.550 e. The number of carboxylic acids is 1. The minimum atomic E-state index is -1.25. The number of benzene rings is 1. The molecule has 2 rings (SSSR count). The largest absolute Gasteiger partial charge is 1.00 e. The topological polar surface area (TPSA) is 78.5 Å². The summed E-state index contributed by atoms with van der Waals surface area (Å²) in [6.07, 6.45) is 0.657. The monoisotopic (exact) mass is 345 g/mol. The molecule has 1 aliphatic heterocycles. The van der Waals surface area contributed by atoms with Crippen LogP contribution in [0.2, 0.25) is 0 Å². The van der Waals surface area contributed by atoms with Crippen molar-refractivity contribution in [3.05, 3.63) is 29.6 Å². The van der Waals surface area contributed by atoms with Crippen LogP contribution >= 0.6 is 0 Å². The van der Waals surface area contributed by atoms with Crippen LogP contribution in [-0.2, 0) is 9.59 Å². The first-order valence-electron chi connectivity index (χ1n) is 7.80. The molecular weight excluding hydrogens is 324 g/mol. The van der Waals surface area contributed by atoms with Crippen molar-refractivity contribution >= 4 is 11.9 Å². The van der Waals surface area contributed by atoms with E-state index in [0.717, 1.165) is 0 Å². The number of carbonyl (C=O) groups is 2. The van der Waals surface area contributed by atoms with Crippen molar-refractivity contribution in [2.45, 2.75) is 39.2 Å². The van der Waals surface area contributed by atoms with Gasteiger partial charge in [-0.25, -0.2) is 4.39 Å². The van der Waals surface area contributed by atoms with E-state index in [2.05, 4.69) is 5.32 Å². The number of carbonyl (C=O) groups excluding carboxylic acids is 2. The average Bonchev–Trinajstić information content (AvgIpc) is 2.46. The summed E-state index contributed by atoms with van der Waals surface area (Å²) in [6, 6.07) is 4.20. The summed E-state index contributed by atoms with van der Waals surface area (Å²) < 4.78 is 19.1. The molecule has 0 saturated heterocycles. The Balaban J connectivity index is 0.00000288. The molecule has 0 bridgehead atoms. The van der Waals surface area contributed by atoms with E-state index in [1.807, 2.05) is 13.8 Å². The number of nitrogens with one attached hydrogen (secondary N) is 1. The minimum absolute atomic E-state index is 0. The van der Waals surface area contributed by atoms with Crippen molar-refractivity contribution in [2.24, 2.45) is 11.8 Å².